The van der Waals surface area contributed by atoms with Gasteiger partial charge in [0.05, 0.1) is 17.7 Å². The summed E-state index contributed by atoms with van der Waals surface area (Å²) in [4.78, 5) is 11.1. The number of aryl methyl sites for hydroxylation is 4. The van der Waals surface area contributed by atoms with Gasteiger partial charge in [0.2, 0.25) is 5.88 Å². The first kappa shape index (κ1) is 18.0. The van der Waals surface area contributed by atoms with E-state index in [4.69, 9.17) is 4.74 Å². The largest absolute Gasteiger partial charge is 0.473 e. The summed E-state index contributed by atoms with van der Waals surface area (Å²) in [6, 6.07) is 8.49. The number of pyridine rings is 1. The van der Waals surface area contributed by atoms with Crippen LogP contribution in [0.5, 0.6) is 5.88 Å². The number of aliphatic imine (C=N–C) groups is 1. The van der Waals surface area contributed by atoms with Crippen molar-refractivity contribution in [2.24, 2.45) is 4.99 Å². The average Bonchev–Trinajstić information content (AvgIpc) is 2.52. The normalized spacial score (nSPS) is 11.1. The lowest BCUT2D eigenvalue weighted by molar-refractivity contribution is 0.291. The van der Waals surface area contributed by atoms with E-state index in [9.17, 15) is 0 Å². The lowest BCUT2D eigenvalue weighted by Gasteiger charge is -2.12. The predicted octanol–water partition coefficient (Wildman–Crippen LogP) is 4.51. The Bertz CT molecular complexity index is 718. The van der Waals surface area contributed by atoms with Gasteiger partial charge in [0.15, 0.2) is 0 Å². The molecule has 0 aliphatic carbocycles. The molecule has 128 valence electrons. The summed E-state index contributed by atoms with van der Waals surface area (Å²) >= 11 is 0. The SMILES string of the molecule is CCN(C)/C=N/c1cc(C)c(OCc2cc(C)cc(C)c2)nc1C. The van der Waals surface area contributed by atoms with E-state index in [1.807, 2.05) is 38.2 Å². The second-order valence-corrected chi connectivity index (χ2v) is 6.32. The third-order valence-corrected chi connectivity index (χ3v) is 3.88. The smallest absolute Gasteiger partial charge is 0.216 e. The van der Waals surface area contributed by atoms with Crippen LogP contribution in [0.1, 0.15) is 34.9 Å². The maximum atomic E-state index is 5.94. The highest BCUT2D eigenvalue weighted by Gasteiger charge is 2.08. The number of ether oxygens (including phenoxy) is 1. The topological polar surface area (TPSA) is 37.7 Å². The zero-order chi connectivity index (χ0) is 17.7. The number of hydrogen-bond acceptors (Lipinski definition) is 3. The van der Waals surface area contributed by atoms with Crippen LogP contribution in [0.15, 0.2) is 29.3 Å². The minimum Gasteiger partial charge on any atom is -0.473 e. The fourth-order valence-corrected chi connectivity index (χ4v) is 2.49. The zero-order valence-corrected chi connectivity index (χ0v) is 15.6. The Hall–Kier alpha value is -2.36. The molecule has 24 heavy (non-hydrogen) atoms. The van der Waals surface area contributed by atoms with Gasteiger partial charge in [-0.15, -0.1) is 0 Å². The fraction of sp³-hybridized carbons (Fsp3) is 0.400. The molecule has 0 saturated carbocycles. The predicted molar refractivity (Wildman–Crippen MR) is 100 cm³/mol. The quantitative estimate of drug-likeness (QED) is 0.579. The Morgan fingerprint density at radius 2 is 1.75 bits per heavy atom. The fourth-order valence-electron chi connectivity index (χ4n) is 2.49. The van der Waals surface area contributed by atoms with Gasteiger partial charge in [0.25, 0.3) is 0 Å². The molecule has 0 N–H and O–H groups in total. The highest BCUT2D eigenvalue weighted by Crippen LogP contribution is 2.25. The molecule has 4 heteroatoms. The number of nitrogens with zero attached hydrogens (tertiary/aromatic N) is 3. The van der Waals surface area contributed by atoms with Crippen molar-refractivity contribution in [1.29, 1.82) is 0 Å². The van der Waals surface area contributed by atoms with Crippen LogP contribution in [-0.2, 0) is 6.61 Å². The summed E-state index contributed by atoms with van der Waals surface area (Å²) < 4.78 is 5.94. The van der Waals surface area contributed by atoms with Gasteiger partial charge in [-0.05, 0) is 46.2 Å². The van der Waals surface area contributed by atoms with E-state index >= 15 is 0 Å². The summed E-state index contributed by atoms with van der Waals surface area (Å²) in [5.74, 6) is 0.675. The summed E-state index contributed by atoms with van der Waals surface area (Å²) in [5.41, 5.74) is 6.41. The number of aromatic nitrogens is 1. The molecule has 1 aromatic heterocycles. The Morgan fingerprint density at radius 3 is 2.38 bits per heavy atom. The molecule has 0 unspecified atom stereocenters. The first-order valence-corrected chi connectivity index (χ1v) is 8.31. The summed E-state index contributed by atoms with van der Waals surface area (Å²) in [6.45, 7) is 11.7. The lowest BCUT2D eigenvalue weighted by atomic mass is 10.1. The zero-order valence-electron chi connectivity index (χ0n) is 15.6. The monoisotopic (exact) mass is 325 g/mol. The Morgan fingerprint density at radius 1 is 1.08 bits per heavy atom. The molecule has 0 saturated heterocycles. The van der Waals surface area contributed by atoms with Crippen molar-refractivity contribution >= 4 is 12.0 Å². The second-order valence-electron chi connectivity index (χ2n) is 6.32. The van der Waals surface area contributed by atoms with E-state index in [2.05, 4.69) is 48.9 Å². The van der Waals surface area contributed by atoms with Crippen LogP contribution in [0.4, 0.5) is 5.69 Å². The average molecular weight is 325 g/mol. The van der Waals surface area contributed by atoms with Gasteiger partial charge in [-0.3, -0.25) is 0 Å². The van der Waals surface area contributed by atoms with Gasteiger partial charge in [-0.2, -0.15) is 0 Å². The molecule has 0 bridgehead atoms. The molecule has 0 radical (unpaired) electrons. The van der Waals surface area contributed by atoms with E-state index < -0.39 is 0 Å². The third-order valence-electron chi connectivity index (χ3n) is 3.88. The molecule has 2 aromatic rings. The standard InChI is InChI=1S/C20H27N3O/c1-7-23(6)13-21-19-11-16(4)20(22-17(19)5)24-12-18-9-14(2)8-15(3)10-18/h8-11,13H,7,12H2,1-6H3/b21-13+. The lowest BCUT2D eigenvalue weighted by Crippen LogP contribution is -2.14. The maximum Gasteiger partial charge on any atom is 0.216 e. The molecule has 0 amide bonds. The highest BCUT2D eigenvalue weighted by atomic mass is 16.5. The van der Waals surface area contributed by atoms with Crippen molar-refractivity contribution in [2.45, 2.75) is 41.2 Å². The second kappa shape index (κ2) is 7.95. The van der Waals surface area contributed by atoms with Gasteiger partial charge in [0, 0.05) is 19.2 Å². The number of hydrogen-bond donors (Lipinski definition) is 0. The molecule has 0 aliphatic rings. The van der Waals surface area contributed by atoms with Crippen LogP contribution in [0.2, 0.25) is 0 Å². The summed E-state index contributed by atoms with van der Waals surface area (Å²) in [5, 5.41) is 0. The number of benzene rings is 1. The van der Waals surface area contributed by atoms with E-state index in [0.29, 0.717) is 12.5 Å². The molecule has 0 atom stereocenters. The molecule has 1 heterocycles. The van der Waals surface area contributed by atoms with Crippen molar-refractivity contribution in [1.82, 2.24) is 9.88 Å². The first-order valence-electron chi connectivity index (χ1n) is 8.31. The van der Waals surface area contributed by atoms with Crippen LogP contribution in [0.25, 0.3) is 0 Å². The van der Waals surface area contributed by atoms with Gasteiger partial charge >= 0.3 is 0 Å². The first-order chi connectivity index (χ1) is 11.4. The molecule has 2 rings (SSSR count). The Kier molecular flexibility index (Phi) is 5.96. The molecule has 4 nitrogen and oxygen atoms in total. The Balaban J connectivity index is 2.14. The molecular formula is C20H27N3O. The van der Waals surface area contributed by atoms with Crippen molar-refractivity contribution in [3.63, 3.8) is 0 Å². The van der Waals surface area contributed by atoms with Gasteiger partial charge in [-0.25, -0.2) is 9.98 Å². The van der Waals surface area contributed by atoms with E-state index in [1.165, 1.54) is 11.1 Å². The van der Waals surface area contributed by atoms with Crippen molar-refractivity contribution in [3.8, 4) is 5.88 Å². The molecule has 1 aromatic carbocycles. The highest BCUT2D eigenvalue weighted by molar-refractivity contribution is 5.62. The molecule has 0 aliphatic heterocycles. The van der Waals surface area contributed by atoms with Crippen LogP contribution < -0.4 is 4.74 Å². The van der Waals surface area contributed by atoms with Crippen molar-refractivity contribution in [3.05, 3.63) is 52.2 Å². The molecule has 0 spiro atoms. The van der Waals surface area contributed by atoms with Crippen LogP contribution in [0.3, 0.4) is 0 Å². The van der Waals surface area contributed by atoms with Crippen molar-refractivity contribution in [2.75, 3.05) is 13.6 Å². The third kappa shape index (κ3) is 4.82. The maximum absolute atomic E-state index is 5.94. The minimum atomic E-state index is 0.525. The number of rotatable bonds is 6. The van der Waals surface area contributed by atoms with Crippen LogP contribution >= 0.6 is 0 Å². The van der Waals surface area contributed by atoms with Gasteiger partial charge < -0.3 is 9.64 Å². The minimum absolute atomic E-state index is 0.525. The van der Waals surface area contributed by atoms with E-state index in [1.54, 1.807) is 0 Å². The van der Waals surface area contributed by atoms with Crippen LogP contribution in [-0.4, -0.2) is 29.8 Å². The van der Waals surface area contributed by atoms with Crippen molar-refractivity contribution < 1.29 is 4.74 Å². The molecular weight excluding hydrogens is 298 g/mol. The van der Waals surface area contributed by atoms with E-state index in [0.717, 1.165) is 29.1 Å². The van der Waals surface area contributed by atoms with E-state index in [-0.39, 0.29) is 0 Å². The van der Waals surface area contributed by atoms with Gasteiger partial charge in [0.1, 0.15) is 6.61 Å². The van der Waals surface area contributed by atoms with Gasteiger partial charge in [-0.1, -0.05) is 29.3 Å². The molecule has 0 fully saturated rings. The summed E-state index contributed by atoms with van der Waals surface area (Å²) in [6.07, 6.45) is 1.83. The van der Waals surface area contributed by atoms with Crippen LogP contribution in [0, 0.1) is 27.7 Å². The summed E-state index contributed by atoms with van der Waals surface area (Å²) in [7, 11) is 2.00. The Labute approximate surface area is 145 Å².